The van der Waals surface area contributed by atoms with Crippen LogP contribution in [0.5, 0.6) is 0 Å². The van der Waals surface area contributed by atoms with Crippen molar-refractivity contribution in [3.05, 3.63) is 29.5 Å². The summed E-state index contributed by atoms with van der Waals surface area (Å²) in [5.74, 6) is 0.0133. The molecule has 0 saturated heterocycles. The van der Waals surface area contributed by atoms with Gasteiger partial charge >= 0.3 is 0 Å². The molecule has 106 valence electrons. The third-order valence-corrected chi connectivity index (χ3v) is 3.18. The summed E-state index contributed by atoms with van der Waals surface area (Å²) in [7, 11) is 0. The minimum Gasteiger partial charge on any atom is -0.462 e. The minimum absolute atomic E-state index is 0.0456. The van der Waals surface area contributed by atoms with E-state index >= 15 is 0 Å². The Kier molecular flexibility index (Phi) is 4.52. The molecular formula is C13H15N3O3S. The van der Waals surface area contributed by atoms with E-state index in [0.717, 1.165) is 0 Å². The second kappa shape index (κ2) is 6.33. The topological polar surface area (TPSA) is 84.2 Å². The summed E-state index contributed by atoms with van der Waals surface area (Å²) < 4.78 is 5.21. The summed E-state index contributed by atoms with van der Waals surface area (Å²) in [6.07, 6.45) is 1.55. The molecule has 2 aromatic rings. The standard InChI is InChI=1S/C13H15N3O3S/c1-8(2)15-11(17)6-14-12(18)9-7-20-13(16-9)10-4-3-5-19-10/h3-5,7-8H,6H2,1-2H3,(H,14,18)(H,15,17). The zero-order valence-electron chi connectivity index (χ0n) is 11.2. The summed E-state index contributed by atoms with van der Waals surface area (Å²) in [6.45, 7) is 3.65. The van der Waals surface area contributed by atoms with Crippen LogP contribution in [0, 0.1) is 0 Å². The fraction of sp³-hybridized carbons (Fsp3) is 0.308. The predicted molar refractivity (Wildman–Crippen MR) is 75.4 cm³/mol. The number of aromatic nitrogens is 1. The van der Waals surface area contributed by atoms with Crippen LogP contribution >= 0.6 is 11.3 Å². The van der Waals surface area contributed by atoms with Crippen molar-refractivity contribution >= 4 is 23.2 Å². The molecule has 2 N–H and O–H groups in total. The highest BCUT2D eigenvalue weighted by atomic mass is 32.1. The highest BCUT2D eigenvalue weighted by Crippen LogP contribution is 2.23. The van der Waals surface area contributed by atoms with E-state index in [1.165, 1.54) is 11.3 Å². The van der Waals surface area contributed by atoms with Crippen molar-refractivity contribution in [2.45, 2.75) is 19.9 Å². The monoisotopic (exact) mass is 293 g/mol. The van der Waals surface area contributed by atoms with E-state index in [0.29, 0.717) is 10.8 Å². The van der Waals surface area contributed by atoms with E-state index in [4.69, 9.17) is 4.42 Å². The molecule has 0 aliphatic heterocycles. The van der Waals surface area contributed by atoms with Gasteiger partial charge in [-0.2, -0.15) is 0 Å². The molecule has 2 aromatic heterocycles. The van der Waals surface area contributed by atoms with Gasteiger partial charge in [-0.1, -0.05) is 0 Å². The molecule has 0 spiro atoms. The molecule has 0 fully saturated rings. The van der Waals surface area contributed by atoms with Gasteiger partial charge in [-0.3, -0.25) is 9.59 Å². The molecule has 2 amide bonds. The lowest BCUT2D eigenvalue weighted by Crippen LogP contribution is -2.39. The van der Waals surface area contributed by atoms with Crippen LogP contribution in [0.2, 0.25) is 0 Å². The van der Waals surface area contributed by atoms with E-state index in [2.05, 4.69) is 15.6 Å². The van der Waals surface area contributed by atoms with Crippen LogP contribution in [0.15, 0.2) is 28.2 Å². The number of rotatable bonds is 5. The lowest BCUT2D eigenvalue weighted by molar-refractivity contribution is -0.120. The Morgan fingerprint density at radius 3 is 2.90 bits per heavy atom. The van der Waals surface area contributed by atoms with Gasteiger partial charge in [0.2, 0.25) is 5.91 Å². The van der Waals surface area contributed by atoms with Gasteiger partial charge < -0.3 is 15.1 Å². The maximum atomic E-state index is 11.8. The minimum atomic E-state index is -0.377. The van der Waals surface area contributed by atoms with Crippen molar-refractivity contribution in [3.63, 3.8) is 0 Å². The van der Waals surface area contributed by atoms with Gasteiger partial charge in [0.1, 0.15) is 5.69 Å². The molecule has 7 heteroatoms. The summed E-state index contributed by atoms with van der Waals surface area (Å²) in [5, 5.41) is 7.48. The number of nitrogens with zero attached hydrogens (tertiary/aromatic N) is 1. The zero-order chi connectivity index (χ0) is 14.5. The largest absolute Gasteiger partial charge is 0.462 e. The molecule has 0 unspecified atom stereocenters. The van der Waals surface area contributed by atoms with Crippen LogP contribution in [0.25, 0.3) is 10.8 Å². The Balaban J connectivity index is 1.92. The Hall–Kier alpha value is -2.15. The third kappa shape index (κ3) is 3.67. The van der Waals surface area contributed by atoms with Gasteiger partial charge in [0.05, 0.1) is 12.8 Å². The van der Waals surface area contributed by atoms with E-state index in [9.17, 15) is 9.59 Å². The maximum Gasteiger partial charge on any atom is 0.271 e. The number of amides is 2. The van der Waals surface area contributed by atoms with Crippen LogP contribution < -0.4 is 10.6 Å². The molecule has 0 radical (unpaired) electrons. The summed E-state index contributed by atoms with van der Waals surface area (Å²) >= 11 is 1.31. The van der Waals surface area contributed by atoms with Gasteiger partial charge in [0, 0.05) is 11.4 Å². The van der Waals surface area contributed by atoms with Gasteiger partial charge in [-0.15, -0.1) is 11.3 Å². The van der Waals surface area contributed by atoms with Crippen molar-refractivity contribution in [2.24, 2.45) is 0 Å². The molecule has 0 aliphatic carbocycles. The first-order valence-corrected chi connectivity index (χ1v) is 7.01. The predicted octanol–water partition coefficient (Wildman–Crippen LogP) is 1.66. The Morgan fingerprint density at radius 1 is 1.45 bits per heavy atom. The number of hydrogen-bond donors (Lipinski definition) is 2. The van der Waals surface area contributed by atoms with Crippen molar-refractivity contribution in [3.8, 4) is 10.8 Å². The molecule has 0 aliphatic rings. The van der Waals surface area contributed by atoms with Crippen LogP contribution in [0.1, 0.15) is 24.3 Å². The molecule has 0 saturated carbocycles. The van der Waals surface area contributed by atoms with E-state index in [1.54, 1.807) is 23.8 Å². The van der Waals surface area contributed by atoms with Gasteiger partial charge in [-0.25, -0.2) is 4.98 Å². The summed E-state index contributed by atoms with van der Waals surface area (Å²) in [4.78, 5) is 27.4. The van der Waals surface area contributed by atoms with Crippen LogP contribution in [-0.2, 0) is 4.79 Å². The molecule has 20 heavy (non-hydrogen) atoms. The Bertz CT molecular complexity index is 590. The van der Waals surface area contributed by atoms with E-state index < -0.39 is 0 Å². The average molecular weight is 293 g/mol. The van der Waals surface area contributed by atoms with Crippen molar-refractivity contribution < 1.29 is 14.0 Å². The molecule has 0 atom stereocenters. The zero-order valence-corrected chi connectivity index (χ0v) is 12.0. The van der Waals surface area contributed by atoms with E-state index in [1.807, 2.05) is 13.8 Å². The Labute approximate surface area is 120 Å². The number of carbonyl (C=O) groups is 2. The highest BCUT2D eigenvalue weighted by molar-refractivity contribution is 7.13. The van der Waals surface area contributed by atoms with Crippen molar-refractivity contribution in [1.82, 2.24) is 15.6 Å². The van der Waals surface area contributed by atoms with Gasteiger partial charge in [0.15, 0.2) is 10.8 Å². The lowest BCUT2D eigenvalue weighted by atomic mass is 10.4. The molecule has 0 bridgehead atoms. The quantitative estimate of drug-likeness (QED) is 0.878. The highest BCUT2D eigenvalue weighted by Gasteiger charge is 2.14. The number of hydrogen-bond acceptors (Lipinski definition) is 5. The molecular weight excluding hydrogens is 278 g/mol. The molecule has 2 heterocycles. The van der Waals surface area contributed by atoms with Crippen molar-refractivity contribution in [2.75, 3.05) is 6.54 Å². The SMILES string of the molecule is CC(C)NC(=O)CNC(=O)c1csc(-c2ccco2)n1. The fourth-order valence-corrected chi connectivity index (χ4v) is 2.28. The lowest BCUT2D eigenvalue weighted by Gasteiger charge is -2.08. The normalized spacial score (nSPS) is 10.6. The Morgan fingerprint density at radius 2 is 2.25 bits per heavy atom. The van der Waals surface area contributed by atoms with E-state index in [-0.39, 0.29) is 30.1 Å². The van der Waals surface area contributed by atoms with Crippen LogP contribution in [-0.4, -0.2) is 29.4 Å². The number of thiazole rings is 1. The fourth-order valence-electron chi connectivity index (χ4n) is 1.52. The molecule has 2 rings (SSSR count). The maximum absolute atomic E-state index is 11.8. The summed E-state index contributed by atoms with van der Waals surface area (Å²) in [6, 6.07) is 3.58. The molecule has 0 aromatic carbocycles. The van der Waals surface area contributed by atoms with Crippen LogP contribution in [0.3, 0.4) is 0 Å². The smallest absolute Gasteiger partial charge is 0.271 e. The first kappa shape index (κ1) is 14.3. The second-order valence-corrected chi connectivity index (χ2v) is 5.28. The average Bonchev–Trinajstić information content (AvgIpc) is 3.04. The number of carbonyl (C=O) groups excluding carboxylic acids is 2. The number of furan rings is 1. The number of nitrogens with one attached hydrogen (secondary N) is 2. The first-order valence-electron chi connectivity index (χ1n) is 6.13. The second-order valence-electron chi connectivity index (χ2n) is 4.42. The summed E-state index contributed by atoms with van der Waals surface area (Å²) in [5.41, 5.74) is 0.277. The van der Waals surface area contributed by atoms with Gasteiger partial charge in [-0.05, 0) is 26.0 Å². The molecule has 6 nitrogen and oxygen atoms in total. The first-order chi connectivity index (χ1) is 9.56. The van der Waals surface area contributed by atoms with Crippen molar-refractivity contribution in [1.29, 1.82) is 0 Å². The third-order valence-electron chi connectivity index (χ3n) is 2.33. The van der Waals surface area contributed by atoms with Crippen LogP contribution in [0.4, 0.5) is 0 Å². The van der Waals surface area contributed by atoms with Gasteiger partial charge in [0.25, 0.3) is 5.91 Å².